The van der Waals surface area contributed by atoms with Crippen LogP contribution >= 0.6 is 23.1 Å². The number of pyridine rings is 1. The summed E-state index contributed by atoms with van der Waals surface area (Å²) in [6, 6.07) is 1.91. The molecule has 0 spiro atoms. The molecular formula is C17H8F4N4O2S2. The highest BCUT2D eigenvalue weighted by molar-refractivity contribution is 7.98. The molecule has 29 heavy (non-hydrogen) atoms. The van der Waals surface area contributed by atoms with Crippen LogP contribution in [-0.2, 0) is 5.75 Å². The van der Waals surface area contributed by atoms with Gasteiger partial charge in [0.15, 0.2) is 22.4 Å². The van der Waals surface area contributed by atoms with Crippen molar-refractivity contribution >= 4 is 33.4 Å². The van der Waals surface area contributed by atoms with E-state index in [-0.39, 0.29) is 27.1 Å². The van der Waals surface area contributed by atoms with Gasteiger partial charge >= 0.3 is 0 Å². The Balaban J connectivity index is 1.83. The summed E-state index contributed by atoms with van der Waals surface area (Å²) in [7, 11) is 0. The molecule has 0 amide bonds. The zero-order valence-electron chi connectivity index (χ0n) is 14.1. The van der Waals surface area contributed by atoms with E-state index in [0.29, 0.717) is 12.1 Å². The summed E-state index contributed by atoms with van der Waals surface area (Å²) in [4.78, 5) is 24.8. The average Bonchev–Trinajstić information content (AvgIpc) is 3.12. The molecule has 0 saturated carbocycles. The smallest absolute Gasteiger partial charge is 0.279 e. The molecule has 0 radical (unpaired) electrons. The first-order chi connectivity index (χ1) is 13.8. The predicted octanol–water partition coefficient (Wildman–Crippen LogP) is 3.79. The fourth-order valence-corrected chi connectivity index (χ4v) is 4.14. The van der Waals surface area contributed by atoms with Crippen molar-refractivity contribution in [3.8, 4) is 11.6 Å². The molecule has 0 unspecified atom stereocenters. The Morgan fingerprint density at radius 1 is 1.07 bits per heavy atom. The van der Waals surface area contributed by atoms with Crippen LogP contribution in [0.2, 0.25) is 0 Å². The van der Waals surface area contributed by atoms with Gasteiger partial charge in [-0.2, -0.15) is 0 Å². The summed E-state index contributed by atoms with van der Waals surface area (Å²) in [6.45, 7) is 0. The van der Waals surface area contributed by atoms with Gasteiger partial charge in [0.05, 0.1) is 11.7 Å². The number of aromatic hydroxyl groups is 1. The van der Waals surface area contributed by atoms with Crippen LogP contribution in [0.5, 0.6) is 5.75 Å². The number of aromatic nitrogens is 4. The summed E-state index contributed by atoms with van der Waals surface area (Å²) in [5.41, 5.74) is 0.471. The maximum atomic E-state index is 13.9. The second-order valence-electron chi connectivity index (χ2n) is 5.67. The minimum Gasteiger partial charge on any atom is -0.504 e. The van der Waals surface area contributed by atoms with Gasteiger partial charge < -0.3 is 5.11 Å². The third-order valence-corrected chi connectivity index (χ3v) is 5.61. The predicted molar refractivity (Wildman–Crippen MR) is 98.3 cm³/mol. The SMILES string of the molecule is O=c1c2scnc2nc(SCc2c(F)cc(F)cc2F)n1-c1cc(F)c(O)cn1. The molecule has 148 valence electrons. The van der Waals surface area contributed by atoms with Gasteiger partial charge in [0.1, 0.15) is 28.0 Å². The lowest BCUT2D eigenvalue weighted by molar-refractivity contribution is 0.428. The summed E-state index contributed by atoms with van der Waals surface area (Å²) in [5, 5.41) is 9.27. The number of rotatable bonds is 4. The number of fused-ring (bicyclic) bond motifs is 1. The van der Waals surface area contributed by atoms with Crippen LogP contribution in [0.3, 0.4) is 0 Å². The van der Waals surface area contributed by atoms with Crippen LogP contribution < -0.4 is 5.56 Å². The zero-order chi connectivity index (χ0) is 20.7. The second-order valence-corrected chi connectivity index (χ2v) is 7.47. The Hall–Kier alpha value is -2.99. The molecule has 6 nitrogen and oxygen atoms in total. The van der Waals surface area contributed by atoms with Crippen LogP contribution in [0, 0.1) is 23.3 Å². The number of hydrogen-bond donors (Lipinski definition) is 1. The minimum atomic E-state index is -1.09. The van der Waals surface area contributed by atoms with E-state index >= 15 is 0 Å². The third kappa shape index (κ3) is 3.56. The van der Waals surface area contributed by atoms with Gasteiger partial charge in [-0.15, -0.1) is 11.3 Å². The molecule has 0 aliphatic heterocycles. The first kappa shape index (κ1) is 19.3. The van der Waals surface area contributed by atoms with Gasteiger partial charge in [0.2, 0.25) is 0 Å². The van der Waals surface area contributed by atoms with Crippen LogP contribution in [0.25, 0.3) is 16.2 Å². The normalized spacial score (nSPS) is 11.3. The van der Waals surface area contributed by atoms with E-state index in [9.17, 15) is 27.5 Å². The van der Waals surface area contributed by atoms with Crippen LogP contribution in [0.15, 0.2) is 39.9 Å². The lowest BCUT2D eigenvalue weighted by Crippen LogP contribution is -2.22. The third-order valence-electron chi connectivity index (χ3n) is 3.84. The Bertz CT molecular complexity index is 1290. The second kappa shape index (κ2) is 7.44. The standard InChI is InChI=1S/C17H8F4N4O2S2/c18-7-1-9(19)8(10(20)2-7)5-28-17-24-15-14(29-6-23-15)16(27)25(17)13-3-11(21)12(26)4-22-13/h1-4,6,26H,5H2. The number of nitrogens with zero attached hydrogens (tertiary/aromatic N) is 4. The Labute approximate surface area is 167 Å². The first-order valence-electron chi connectivity index (χ1n) is 7.82. The van der Waals surface area contributed by atoms with Crippen molar-refractivity contribution in [2.45, 2.75) is 10.9 Å². The van der Waals surface area contributed by atoms with E-state index < -0.39 is 40.1 Å². The van der Waals surface area contributed by atoms with Crippen molar-refractivity contribution in [3.63, 3.8) is 0 Å². The van der Waals surface area contributed by atoms with Gasteiger partial charge in [-0.1, -0.05) is 11.8 Å². The topological polar surface area (TPSA) is 80.9 Å². The summed E-state index contributed by atoms with van der Waals surface area (Å²) >= 11 is 1.77. The van der Waals surface area contributed by atoms with Crippen molar-refractivity contribution in [3.05, 3.63) is 69.1 Å². The molecule has 12 heteroatoms. The largest absolute Gasteiger partial charge is 0.504 e. The maximum absolute atomic E-state index is 13.9. The number of thiazole rings is 1. The summed E-state index contributed by atoms with van der Waals surface area (Å²) in [6.07, 6.45) is 0.821. The Morgan fingerprint density at radius 3 is 2.48 bits per heavy atom. The number of halogens is 4. The Kier molecular flexibility index (Phi) is 4.96. The van der Waals surface area contributed by atoms with E-state index in [4.69, 9.17) is 0 Å². The van der Waals surface area contributed by atoms with E-state index in [2.05, 4.69) is 15.0 Å². The Morgan fingerprint density at radius 2 is 1.79 bits per heavy atom. The lowest BCUT2D eigenvalue weighted by atomic mass is 10.2. The lowest BCUT2D eigenvalue weighted by Gasteiger charge is -2.12. The van der Waals surface area contributed by atoms with Gasteiger partial charge in [0.25, 0.3) is 5.56 Å². The summed E-state index contributed by atoms with van der Waals surface area (Å²) in [5.74, 6) is -5.48. The van der Waals surface area contributed by atoms with Crippen molar-refractivity contribution in [2.75, 3.05) is 0 Å². The minimum absolute atomic E-state index is 0.0610. The quantitative estimate of drug-likeness (QED) is 0.296. The molecule has 0 bridgehead atoms. The van der Waals surface area contributed by atoms with Crippen molar-refractivity contribution in [1.82, 2.24) is 19.5 Å². The van der Waals surface area contributed by atoms with Crippen LogP contribution in [0.1, 0.15) is 5.56 Å². The highest BCUT2D eigenvalue weighted by Gasteiger charge is 2.19. The number of benzene rings is 1. The van der Waals surface area contributed by atoms with Gasteiger partial charge in [0, 0.05) is 29.5 Å². The van der Waals surface area contributed by atoms with Crippen LogP contribution in [-0.4, -0.2) is 24.6 Å². The molecule has 4 aromatic rings. The molecule has 0 aliphatic rings. The van der Waals surface area contributed by atoms with Crippen molar-refractivity contribution in [2.24, 2.45) is 0 Å². The fraction of sp³-hybridized carbons (Fsp3) is 0.0588. The first-order valence-corrected chi connectivity index (χ1v) is 9.69. The molecular weight excluding hydrogens is 432 g/mol. The van der Waals surface area contributed by atoms with Gasteiger partial charge in [-0.3, -0.25) is 4.79 Å². The summed E-state index contributed by atoms with van der Waals surface area (Å²) < 4.78 is 55.9. The van der Waals surface area contributed by atoms with Crippen LogP contribution in [0.4, 0.5) is 17.6 Å². The van der Waals surface area contributed by atoms with Crippen molar-refractivity contribution < 1.29 is 22.7 Å². The molecule has 3 aromatic heterocycles. The number of thioether (sulfide) groups is 1. The van der Waals surface area contributed by atoms with E-state index in [1.165, 1.54) is 5.51 Å². The van der Waals surface area contributed by atoms with Gasteiger partial charge in [-0.25, -0.2) is 37.1 Å². The van der Waals surface area contributed by atoms with Crippen molar-refractivity contribution in [1.29, 1.82) is 0 Å². The van der Waals surface area contributed by atoms with E-state index in [1.807, 2.05) is 0 Å². The maximum Gasteiger partial charge on any atom is 0.279 e. The molecule has 1 N–H and O–H groups in total. The molecule has 3 heterocycles. The van der Waals surface area contributed by atoms with E-state index in [1.54, 1.807) is 0 Å². The molecule has 0 atom stereocenters. The highest BCUT2D eigenvalue weighted by Crippen LogP contribution is 2.28. The molecule has 0 fully saturated rings. The monoisotopic (exact) mass is 440 g/mol. The fourth-order valence-electron chi connectivity index (χ4n) is 2.48. The molecule has 1 aromatic carbocycles. The number of hydrogen-bond acceptors (Lipinski definition) is 7. The zero-order valence-corrected chi connectivity index (χ0v) is 15.7. The molecule has 4 rings (SSSR count). The molecule has 0 saturated heterocycles. The van der Waals surface area contributed by atoms with Gasteiger partial charge in [-0.05, 0) is 0 Å². The average molecular weight is 440 g/mol. The molecule has 0 aliphatic carbocycles. The highest BCUT2D eigenvalue weighted by atomic mass is 32.2. The van der Waals surface area contributed by atoms with E-state index in [0.717, 1.165) is 39.9 Å².